The molecule has 1 aliphatic rings. The van der Waals surface area contributed by atoms with Crippen LogP contribution in [0.3, 0.4) is 0 Å². The fraction of sp³-hybridized carbons (Fsp3) is 0.0667. The molecule has 0 spiro atoms. The molecule has 0 bridgehead atoms. The van der Waals surface area contributed by atoms with Crippen LogP contribution in [0.5, 0.6) is 11.6 Å². The Hall–Kier alpha value is -5.02. The Kier molecular flexibility index (Phi) is 5.36. The average Bonchev–Trinajstić information content (AvgIpc) is 3.35. The lowest BCUT2D eigenvalue weighted by atomic mass is 9.83. The molecule has 0 saturated heterocycles. The number of ether oxygens (including phenoxy) is 2. The normalized spacial score (nSPS) is 14.7. The van der Waals surface area contributed by atoms with Crippen LogP contribution in [-0.2, 0) is 6.61 Å². The number of H-pyrrole nitrogens is 1. The Labute approximate surface area is 208 Å². The van der Waals surface area contributed by atoms with Crippen molar-refractivity contribution in [2.24, 2.45) is 5.73 Å². The maximum absolute atomic E-state index is 10.0. The molecule has 0 aliphatic carbocycles. The van der Waals surface area contributed by atoms with Crippen LogP contribution in [0, 0.1) is 11.3 Å². The number of hydrogen-bond donors (Lipinski definition) is 2. The molecule has 0 unspecified atom stereocenters. The maximum Gasteiger partial charge on any atom is 0.244 e. The number of nitriles is 1. The Morgan fingerprint density at radius 2 is 1.72 bits per heavy atom. The minimum absolute atomic E-state index is 0.0585. The number of allylic oxidation sites excluding steroid dienone is 1. The molecule has 1 aromatic heterocycles. The van der Waals surface area contributed by atoms with Crippen LogP contribution in [0.2, 0.25) is 0 Å². The van der Waals surface area contributed by atoms with Crippen molar-refractivity contribution in [3.63, 3.8) is 0 Å². The fourth-order valence-electron chi connectivity index (χ4n) is 4.77. The van der Waals surface area contributed by atoms with E-state index in [0.717, 1.165) is 27.9 Å². The van der Waals surface area contributed by atoms with E-state index in [2.05, 4.69) is 40.5 Å². The Balaban J connectivity index is 1.38. The lowest BCUT2D eigenvalue weighted by molar-refractivity contribution is 0.307. The van der Waals surface area contributed by atoms with Gasteiger partial charge in [0.15, 0.2) is 0 Å². The molecule has 3 N–H and O–H groups in total. The number of nitrogens with one attached hydrogen (secondary N) is 1. The van der Waals surface area contributed by atoms with E-state index in [0.29, 0.717) is 23.8 Å². The molecule has 0 saturated carbocycles. The Bertz CT molecular complexity index is 1640. The largest absolute Gasteiger partial charge is 0.489 e. The highest BCUT2D eigenvalue weighted by Crippen LogP contribution is 2.46. The second-order valence-corrected chi connectivity index (χ2v) is 8.61. The van der Waals surface area contributed by atoms with E-state index in [9.17, 15) is 5.26 Å². The molecule has 6 rings (SSSR count). The predicted octanol–water partition coefficient (Wildman–Crippen LogP) is 6.03. The van der Waals surface area contributed by atoms with Gasteiger partial charge in [-0.15, -0.1) is 5.10 Å². The first kappa shape index (κ1) is 21.5. The van der Waals surface area contributed by atoms with Crippen LogP contribution in [0.25, 0.3) is 22.0 Å². The summed E-state index contributed by atoms with van der Waals surface area (Å²) in [7, 11) is 0. The van der Waals surface area contributed by atoms with Crippen molar-refractivity contribution >= 4 is 10.8 Å². The number of nitrogens with two attached hydrogens (primary N) is 1. The zero-order valence-electron chi connectivity index (χ0n) is 19.3. The third-order valence-corrected chi connectivity index (χ3v) is 6.47. The van der Waals surface area contributed by atoms with Gasteiger partial charge >= 0.3 is 0 Å². The van der Waals surface area contributed by atoms with E-state index in [1.54, 1.807) is 0 Å². The molecule has 1 atom stereocenters. The van der Waals surface area contributed by atoms with Gasteiger partial charge in [0.25, 0.3) is 0 Å². The van der Waals surface area contributed by atoms with Crippen LogP contribution in [0.4, 0.5) is 0 Å². The smallest absolute Gasteiger partial charge is 0.244 e. The van der Waals surface area contributed by atoms with Crippen molar-refractivity contribution in [3.8, 4) is 29.0 Å². The number of rotatable bonds is 5. The molecule has 0 radical (unpaired) electrons. The maximum atomic E-state index is 10.0. The summed E-state index contributed by atoms with van der Waals surface area (Å²) < 4.78 is 12.0. The van der Waals surface area contributed by atoms with Crippen LogP contribution in [0.1, 0.15) is 22.6 Å². The summed E-state index contributed by atoms with van der Waals surface area (Å²) in [6.07, 6.45) is 0. The van der Waals surface area contributed by atoms with Gasteiger partial charge in [-0.05, 0) is 39.6 Å². The third kappa shape index (κ3) is 3.73. The van der Waals surface area contributed by atoms with Crippen LogP contribution in [-0.4, -0.2) is 10.2 Å². The lowest BCUT2D eigenvalue weighted by Gasteiger charge is -2.24. The van der Waals surface area contributed by atoms with Gasteiger partial charge in [-0.2, -0.15) is 5.26 Å². The number of benzene rings is 4. The van der Waals surface area contributed by atoms with Gasteiger partial charge in [0.05, 0.1) is 17.2 Å². The summed E-state index contributed by atoms with van der Waals surface area (Å²) in [5, 5.41) is 19.8. The summed E-state index contributed by atoms with van der Waals surface area (Å²) in [5.41, 5.74) is 11.0. The van der Waals surface area contributed by atoms with Crippen molar-refractivity contribution in [1.29, 1.82) is 5.26 Å². The summed E-state index contributed by atoms with van der Waals surface area (Å²) in [6, 6.07) is 34.3. The Morgan fingerprint density at radius 3 is 2.58 bits per heavy atom. The molecule has 6 heteroatoms. The molecular weight excluding hydrogens is 448 g/mol. The minimum Gasteiger partial charge on any atom is -0.489 e. The van der Waals surface area contributed by atoms with Crippen molar-refractivity contribution in [3.05, 3.63) is 125 Å². The molecular formula is C30H22N4O2. The monoisotopic (exact) mass is 470 g/mol. The molecule has 1 aliphatic heterocycles. The summed E-state index contributed by atoms with van der Waals surface area (Å²) in [4.78, 5) is 0. The van der Waals surface area contributed by atoms with E-state index >= 15 is 0 Å². The highest BCUT2D eigenvalue weighted by molar-refractivity contribution is 5.85. The van der Waals surface area contributed by atoms with Gasteiger partial charge in [0.1, 0.15) is 24.0 Å². The standard InChI is InChI=1S/C30H22N4O2/c31-17-25-26(27-28(20-9-2-1-3-10-20)33-34-30(27)36-29(25)32)21-12-7-14-23(16-21)35-18-22-13-6-11-19-8-4-5-15-24(19)22/h1-16,26H,18,32H2,(H,33,34)/t26-/m1/s1. The molecule has 0 amide bonds. The van der Waals surface area contributed by atoms with E-state index < -0.39 is 5.92 Å². The first-order valence-electron chi connectivity index (χ1n) is 11.6. The number of hydrogen-bond acceptors (Lipinski definition) is 5. The van der Waals surface area contributed by atoms with E-state index in [1.165, 1.54) is 10.8 Å². The zero-order chi connectivity index (χ0) is 24.5. The lowest BCUT2D eigenvalue weighted by Crippen LogP contribution is -2.21. The van der Waals surface area contributed by atoms with Gasteiger partial charge in [0, 0.05) is 0 Å². The summed E-state index contributed by atoms with van der Waals surface area (Å²) in [5.74, 6) is 0.684. The number of aromatic amines is 1. The topological polar surface area (TPSA) is 97.0 Å². The molecule has 5 aromatic rings. The first-order chi connectivity index (χ1) is 17.7. The fourth-order valence-corrected chi connectivity index (χ4v) is 4.77. The number of fused-ring (bicyclic) bond motifs is 2. The third-order valence-electron chi connectivity index (χ3n) is 6.47. The predicted molar refractivity (Wildman–Crippen MR) is 138 cm³/mol. The van der Waals surface area contributed by atoms with Crippen molar-refractivity contribution in [2.75, 3.05) is 0 Å². The minimum atomic E-state index is -0.450. The number of nitrogens with zero attached hydrogens (tertiary/aromatic N) is 2. The van der Waals surface area contributed by atoms with E-state index in [4.69, 9.17) is 15.2 Å². The van der Waals surface area contributed by atoms with Crippen molar-refractivity contribution in [1.82, 2.24) is 10.2 Å². The highest BCUT2D eigenvalue weighted by atomic mass is 16.5. The van der Waals surface area contributed by atoms with Gasteiger partial charge in [-0.1, -0.05) is 84.9 Å². The first-order valence-corrected chi connectivity index (χ1v) is 11.6. The molecule has 6 nitrogen and oxygen atoms in total. The van der Waals surface area contributed by atoms with Crippen molar-refractivity contribution < 1.29 is 9.47 Å². The van der Waals surface area contributed by atoms with Crippen LogP contribution >= 0.6 is 0 Å². The highest BCUT2D eigenvalue weighted by Gasteiger charge is 2.35. The SMILES string of the molecule is N#CC1=C(N)Oc2n[nH]c(-c3ccccc3)c2[C@@H]1c1cccc(OCc2cccc3ccccc23)c1. The summed E-state index contributed by atoms with van der Waals surface area (Å²) >= 11 is 0. The van der Waals surface area contributed by atoms with Crippen LogP contribution in [0.15, 0.2) is 109 Å². The zero-order valence-corrected chi connectivity index (χ0v) is 19.3. The molecule has 4 aromatic carbocycles. The average molecular weight is 471 g/mol. The van der Waals surface area contributed by atoms with Crippen LogP contribution < -0.4 is 15.2 Å². The molecule has 2 heterocycles. The van der Waals surface area contributed by atoms with E-state index in [-0.39, 0.29) is 5.88 Å². The van der Waals surface area contributed by atoms with E-state index in [1.807, 2.05) is 72.8 Å². The molecule has 36 heavy (non-hydrogen) atoms. The van der Waals surface area contributed by atoms with Gasteiger partial charge in [-0.25, -0.2) is 0 Å². The molecule has 0 fully saturated rings. The van der Waals surface area contributed by atoms with Gasteiger partial charge < -0.3 is 15.2 Å². The van der Waals surface area contributed by atoms with Gasteiger partial charge in [-0.3, -0.25) is 5.10 Å². The Morgan fingerprint density at radius 1 is 0.944 bits per heavy atom. The second kappa shape index (κ2) is 8.97. The number of aromatic nitrogens is 2. The summed E-state index contributed by atoms with van der Waals surface area (Å²) in [6.45, 7) is 0.424. The van der Waals surface area contributed by atoms with Gasteiger partial charge in [0.2, 0.25) is 11.8 Å². The van der Waals surface area contributed by atoms with Crippen molar-refractivity contribution in [2.45, 2.75) is 12.5 Å². The second-order valence-electron chi connectivity index (χ2n) is 8.61. The molecule has 174 valence electrons. The quantitative estimate of drug-likeness (QED) is 0.327.